The van der Waals surface area contributed by atoms with Gasteiger partial charge in [0.1, 0.15) is 5.75 Å². The van der Waals surface area contributed by atoms with Gasteiger partial charge in [0.2, 0.25) is 0 Å². The van der Waals surface area contributed by atoms with E-state index in [-0.39, 0.29) is 11.8 Å². The summed E-state index contributed by atoms with van der Waals surface area (Å²) in [7, 11) is 1.64. The molecule has 0 saturated carbocycles. The molecule has 1 N–H and O–H groups in total. The van der Waals surface area contributed by atoms with Crippen molar-refractivity contribution in [2.75, 3.05) is 20.2 Å². The first-order valence-corrected chi connectivity index (χ1v) is 10.3. The first-order chi connectivity index (χ1) is 15.1. The Morgan fingerprint density at radius 3 is 2.74 bits per heavy atom. The number of nitrogens with zero attached hydrogens (tertiary/aromatic N) is 4. The zero-order chi connectivity index (χ0) is 21.8. The van der Waals surface area contributed by atoms with Crippen LogP contribution in [-0.2, 0) is 19.5 Å². The minimum Gasteiger partial charge on any atom is -0.497 e. The Morgan fingerprint density at radius 1 is 1.19 bits per heavy atom. The summed E-state index contributed by atoms with van der Waals surface area (Å²) in [6.07, 6.45) is 3.84. The number of methoxy groups -OCH3 is 1. The fourth-order valence-electron chi connectivity index (χ4n) is 3.84. The molecule has 2 amide bonds. The van der Waals surface area contributed by atoms with Gasteiger partial charge in [-0.1, -0.05) is 12.1 Å². The van der Waals surface area contributed by atoms with Crippen molar-refractivity contribution in [3.05, 3.63) is 76.9 Å². The molecule has 0 unspecified atom stereocenters. The zero-order valence-corrected chi connectivity index (χ0v) is 17.7. The highest BCUT2D eigenvalue weighted by Crippen LogP contribution is 2.25. The van der Waals surface area contributed by atoms with E-state index in [4.69, 9.17) is 4.74 Å². The minimum absolute atomic E-state index is 0.0737. The van der Waals surface area contributed by atoms with Gasteiger partial charge in [0, 0.05) is 48.7 Å². The summed E-state index contributed by atoms with van der Waals surface area (Å²) < 4.78 is 7.20. The highest BCUT2D eigenvalue weighted by atomic mass is 16.5. The second-order valence-electron chi connectivity index (χ2n) is 7.36. The summed E-state index contributed by atoms with van der Waals surface area (Å²) in [4.78, 5) is 31.4. The van der Waals surface area contributed by atoms with Gasteiger partial charge in [-0.15, -0.1) is 0 Å². The molecule has 8 heteroatoms. The molecule has 0 saturated heterocycles. The average Bonchev–Trinajstić information content (AvgIpc) is 3.17. The summed E-state index contributed by atoms with van der Waals surface area (Å²) in [5.74, 6) is 0.480. The van der Waals surface area contributed by atoms with Gasteiger partial charge >= 0.3 is 0 Å². The Hall–Kier alpha value is -3.68. The maximum absolute atomic E-state index is 12.9. The molecule has 31 heavy (non-hydrogen) atoms. The summed E-state index contributed by atoms with van der Waals surface area (Å²) in [6, 6.07) is 11.2. The number of hydrogen-bond donors (Lipinski definition) is 1. The number of pyridine rings is 1. The van der Waals surface area contributed by atoms with Crippen molar-refractivity contribution in [3.8, 4) is 5.75 Å². The monoisotopic (exact) mass is 419 g/mol. The van der Waals surface area contributed by atoms with E-state index in [1.807, 2.05) is 35.9 Å². The lowest BCUT2D eigenvalue weighted by atomic mass is 10.0. The Balaban J connectivity index is 1.66. The van der Waals surface area contributed by atoms with E-state index in [9.17, 15) is 9.59 Å². The van der Waals surface area contributed by atoms with Crippen molar-refractivity contribution in [2.24, 2.45) is 0 Å². The Labute approximate surface area is 180 Å². The summed E-state index contributed by atoms with van der Waals surface area (Å²) in [6.45, 7) is 3.82. The first-order valence-electron chi connectivity index (χ1n) is 10.3. The maximum Gasteiger partial charge on any atom is 0.272 e. The van der Waals surface area contributed by atoms with Crippen LogP contribution in [0.2, 0.25) is 0 Å². The van der Waals surface area contributed by atoms with E-state index < -0.39 is 0 Å². The highest BCUT2D eigenvalue weighted by Gasteiger charge is 2.30. The van der Waals surface area contributed by atoms with Crippen LogP contribution >= 0.6 is 0 Å². The number of fused-ring (bicyclic) bond motifs is 1. The van der Waals surface area contributed by atoms with Crippen molar-refractivity contribution < 1.29 is 14.3 Å². The maximum atomic E-state index is 12.9. The number of nitrogens with one attached hydrogen (secondary N) is 1. The van der Waals surface area contributed by atoms with Gasteiger partial charge in [-0.05, 0) is 36.8 Å². The third kappa shape index (κ3) is 4.28. The van der Waals surface area contributed by atoms with Crippen LogP contribution in [-0.4, -0.2) is 51.7 Å². The van der Waals surface area contributed by atoms with Crippen molar-refractivity contribution in [1.82, 2.24) is 25.0 Å². The molecule has 0 bridgehead atoms. The number of rotatable bonds is 6. The predicted octanol–water partition coefficient (Wildman–Crippen LogP) is 2.28. The number of ether oxygens (including phenoxy) is 1. The lowest BCUT2D eigenvalue weighted by molar-refractivity contribution is 0.0730. The molecule has 0 radical (unpaired) electrons. The van der Waals surface area contributed by atoms with Crippen LogP contribution < -0.4 is 10.1 Å². The van der Waals surface area contributed by atoms with Gasteiger partial charge in [-0.2, -0.15) is 5.10 Å². The Bertz CT molecular complexity index is 1090. The molecule has 1 aliphatic heterocycles. The van der Waals surface area contributed by atoms with Crippen LogP contribution in [0.5, 0.6) is 5.75 Å². The van der Waals surface area contributed by atoms with Crippen LogP contribution in [0.1, 0.15) is 44.6 Å². The molecule has 1 aromatic carbocycles. The number of carbonyl (C=O) groups is 2. The molecule has 4 rings (SSSR count). The van der Waals surface area contributed by atoms with E-state index in [1.54, 1.807) is 36.5 Å². The zero-order valence-electron chi connectivity index (χ0n) is 17.7. The molecule has 3 heterocycles. The first kappa shape index (κ1) is 20.6. The van der Waals surface area contributed by atoms with Crippen molar-refractivity contribution in [2.45, 2.75) is 26.4 Å². The van der Waals surface area contributed by atoms with Crippen molar-refractivity contribution in [1.29, 1.82) is 0 Å². The van der Waals surface area contributed by atoms with Gasteiger partial charge in [0.15, 0.2) is 5.69 Å². The minimum atomic E-state index is -0.221. The third-order valence-electron chi connectivity index (χ3n) is 5.37. The second kappa shape index (κ2) is 8.99. The van der Waals surface area contributed by atoms with E-state index in [1.165, 1.54) is 0 Å². The topological polar surface area (TPSA) is 89.4 Å². The number of carbonyl (C=O) groups excluding carboxylic acids is 2. The molecule has 8 nitrogen and oxygen atoms in total. The van der Waals surface area contributed by atoms with Gasteiger partial charge in [0.25, 0.3) is 11.8 Å². The standard InChI is InChI=1S/C23H25N5O3/c1-3-25-22(29)21-19-15-27(23(30)17-7-10-24-11-8-17)12-9-20(19)28(26-21)14-16-5-4-6-18(13-16)31-2/h4-8,10-11,13H,3,9,12,14-15H2,1-2H3,(H,25,29). The van der Waals surface area contributed by atoms with Gasteiger partial charge in [0.05, 0.1) is 20.2 Å². The molecule has 2 aromatic heterocycles. The molecule has 160 valence electrons. The molecule has 3 aromatic rings. The van der Waals surface area contributed by atoms with Gasteiger partial charge in [-0.3, -0.25) is 19.3 Å². The van der Waals surface area contributed by atoms with Crippen molar-refractivity contribution >= 4 is 11.8 Å². The fraction of sp³-hybridized carbons (Fsp3) is 0.304. The summed E-state index contributed by atoms with van der Waals surface area (Å²) in [5.41, 5.74) is 3.79. The van der Waals surface area contributed by atoms with Crippen LogP contribution in [0.3, 0.4) is 0 Å². The highest BCUT2D eigenvalue weighted by molar-refractivity contribution is 5.96. The third-order valence-corrected chi connectivity index (χ3v) is 5.37. The number of hydrogen-bond acceptors (Lipinski definition) is 5. The lowest BCUT2D eigenvalue weighted by Crippen LogP contribution is -2.37. The Morgan fingerprint density at radius 2 is 2.00 bits per heavy atom. The fourth-order valence-corrected chi connectivity index (χ4v) is 3.84. The van der Waals surface area contributed by atoms with Crippen LogP contribution in [0.4, 0.5) is 0 Å². The quantitative estimate of drug-likeness (QED) is 0.662. The largest absolute Gasteiger partial charge is 0.497 e. The van der Waals surface area contributed by atoms with Gasteiger partial charge in [-0.25, -0.2) is 0 Å². The molecule has 0 fully saturated rings. The SMILES string of the molecule is CCNC(=O)c1nn(Cc2cccc(OC)c2)c2c1CN(C(=O)c1ccncc1)CC2. The molecule has 0 spiro atoms. The van der Waals surface area contributed by atoms with E-state index in [0.717, 1.165) is 22.6 Å². The average molecular weight is 419 g/mol. The Kier molecular flexibility index (Phi) is 5.97. The lowest BCUT2D eigenvalue weighted by Gasteiger charge is -2.28. The normalized spacial score (nSPS) is 12.9. The smallest absolute Gasteiger partial charge is 0.272 e. The second-order valence-corrected chi connectivity index (χ2v) is 7.36. The molecular weight excluding hydrogens is 394 g/mol. The van der Waals surface area contributed by atoms with E-state index in [2.05, 4.69) is 15.4 Å². The molecule has 1 aliphatic rings. The van der Waals surface area contributed by atoms with Crippen LogP contribution in [0.15, 0.2) is 48.8 Å². The van der Waals surface area contributed by atoms with E-state index >= 15 is 0 Å². The summed E-state index contributed by atoms with van der Waals surface area (Å²) >= 11 is 0. The number of aromatic nitrogens is 3. The molecule has 0 aliphatic carbocycles. The predicted molar refractivity (Wildman–Crippen MR) is 115 cm³/mol. The molecule has 0 atom stereocenters. The number of benzene rings is 1. The molecular formula is C23H25N5O3. The van der Waals surface area contributed by atoms with Crippen LogP contribution in [0.25, 0.3) is 0 Å². The van der Waals surface area contributed by atoms with Crippen LogP contribution in [0, 0.1) is 0 Å². The van der Waals surface area contributed by atoms with E-state index in [0.29, 0.717) is 43.9 Å². The van der Waals surface area contributed by atoms with Crippen molar-refractivity contribution in [3.63, 3.8) is 0 Å². The van der Waals surface area contributed by atoms with Gasteiger partial charge < -0.3 is 15.0 Å². The summed E-state index contributed by atoms with van der Waals surface area (Å²) in [5, 5.41) is 7.48. The number of amides is 2.